The van der Waals surface area contributed by atoms with Gasteiger partial charge in [0.1, 0.15) is 0 Å². The third-order valence-electron chi connectivity index (χ3n) is 10.9. The number of carbonyl (C=O) groups is 1. The van der Waals surface area contributed by atoms with Crippen molar-refractivity contribution in [1.82, 2.24) is 0 Å². The fraction of sp³-hybridized carbons (Fsp3) is 0.963. The fourth-order valence-corrected chi connectivity index (χ4v) is 9.30. The standard InChI is InChI=1S/C27H48O5Si/c1-24(2,3)33(7,8)32-22-10-9-20-19-11-16-27(30-17-18-31-27)26(5,15-13-23(28)29-6)21(19)12-14-25(20,22)4/h19-22H,9-18H2,1-8H3/t19?,20?,21?,22-,25-,26+/m0/s1. The van der Waals surface area contributed by atoms with Crippen molar-refractivity contribution < 1.29 is 23.4 Å². The summed E-state index contributed by atoms with van der Waals surface area (Å²) in [5, 5.41) is 0.236. The van der Waals surface area contributed by atoms with E-state index in [4.69, 9.17) is 18.6 Å². The van der Waals surface area contributed by atoms with Crippen molar-refractivity contribution >= 4 is 14.3 Å². The molecule has 3 aliphatic carbocycles. The highest BCUT2D eigenvalue weighted by molar-refractivity contribution is 6.74. The Morgan fingerprint density at radius 3 is 2.27 bits per heavy atom. The minimum Gasteiger partial charge on any atom is -0.469 e. The second-order valence-electron chi connectivity index (χ2n) is 13.3. The Bertz CT molecular complexity index is 739. The number of hydrogen-bond donors (Lipinski definition) is 0. The predicted octanol–water partition coefficient (Wildman–Crippen LogP) is 6.32. The van der Waals surface area contributed by atoms with Crippen LogP contribution < -0.4 is 0 Å². The topological polar surface area (TPSA) is 54.0 Å². The van der Waals surface area contributed by atoms with E-state index in [0.29, 0.717) is 43.5 Å². The molecule has 0 N–H and O–H groups in total. The summed E-state index contributed by atoms with van der Waals surface area (Å²) in [6.07, 6.45) is 8.49. The van der Waals surface area contributed by atoms with Crippen molar-refractivity contribution in [2.24, 2.45) is 28.6 Å². The highest BCUT2D eigenvalue weighted by atomic mass is 28.4. The molecule has 0 amide bonds. The summed E-state index contributed by atoms with van der Waals surface area (Å²) < 4.78 is 24.9. The molecular weight excluding hydrogens is 432 g/mol. The number of methoxy groups -OCH3 is 1. The normalized spacial score (nSPS) is 40.5. The lowest BCUT2D eigenvalue weighted by Gasteiger charge is -2.61. The largest absolute Gasteiger partial charge is 0.469 e. The zero-order chi connectivity index (χ0) is 24.3. The average Bonchev–Trinajstić information content (AvgIpc) is 3.34. The number of carbonyl (C=O) groups excluding carboxylic acids is 1. The van der Waals surface area contributed by atoms with Gasteiger partial charge in [-0.15, -0.1) is 0 Å². The minimum absolute atomic E-state index is 0.129. The van der Waals surface area contributed by atoms with Crippen LogP contribution in [0.2, 0.25) is 18.1 Å². The van der Waals surface area contributed by atoms with Crippen molar-refractivity contribution in [3.05, 3.63) is 0 Å². The molecule has 1 spiro atoms. The fourth-order valence-electron chi connectivity index (χ4n) is 7.85. The van der Waals surface area contributed by atoms with Gasteiger partial charge in [-0.25, -0.2) is 0 Å². The van der Waals surface area contributed by atoms with Gasteiger partial charge in [-0.05, 0) is 79.8 Å². The number of fused-ring (bicyclic) bond motifs is 3. The Morgan fingerprint density at radius 2 is 1.67 bits per heavy atom. The highest BCUT2D eigenvalue weighted by Gasteiger charge is 2.66. The molecule has 1 aliphatic heterocycles. The van der Waals surface area contributed by atoms with Crippen LogP contribution in [0.15, 0.2) is 0 Å². The van der Waals surface area contributed by atoms with Crippen LogP contribution in [0.4, 0.5) is 0 Å². The second kappa shape index (κ2) is 8.60. The maximum absolute atomic E-state index is 12.1. The summed E-state index contributed by atoms with van der Waals surface area (Å²) in [6, 6.07) is 0. The predicted molar refractivity (Wildman–Crippen MR) is 132 cm³/mol. The monoisotopic (exact) mass is 480 g/mol. The maximum Gasteiger partial charge on any atom is 0.305 e. The van der Waals surface area contributed by atoms with Crippen molar-refractivity contribution in [3.8, 4) is 0 Å². The first kappa shape index (κ1) is 25.7. The summed E-state index contributed by atoms with van der Waals surface area (Å²) in [5.41, 5.74) is 0.0855. The lowest BCUT2D eigenvalue weighted by atomic mass is 9.47. The van der Waals surface area contributed by atoms with Gasteiger partial charge in [0.25, 0.3) is 0 Å². The molecule has 33 heavy (non-hydrogen) atoms. The lowest BCUT2D eigenvalue weighted by Crippen LogP contribution is -2.61. The van der Waals surface area contributed by atoms with Crippen LogP contribution in [0, 0.1) is 28.6 Å². The third kappa shape index (κ3) is 4.05. The maximum atomic E-state index is 12.1. The summed E-state index contributed by atoms with van der Waals surface area (Å²) >= 11 is 0. The molecule has 3 saturated carbocycles. The van der Waals surface area contributed by atoms with Gasteiger partial charge in [-0.1, -0.05) is 34.6 Å². The molecule has 1 heterocycles. The summed E-state index contributed by atoms with van der Waals surface area (Å²) in [5.74, 6) is 1.18. The van der Waals surface area contributed by atoms with E-state index in [-0.39, 0.29) is 21.8 Å². The molecule has 5 nitrogen and oxygen atoms in total. The van der Waals surface area contributed by atoms with E-state index >= 15 is 0 Å². The molecular formula is C27H48O5Si. The number of rotatable bonds is 5. The van der Waals surface area contributed by atoms with Gasteiger partial charge in [0.2, 0.25) is 0 Å². The van der Waals surface area contributed by atoms with E-state index in [9.17, 15) is 4.79 Å². The van der Waals surface area contributed by atoms with Crippen molar-refractivity contribution in [2.45, 2.75) is 116 Å². The van der Waals surface area contributed by atoms with Gasteiger partial charge >= 0.3 is 5.97 Å². The quantitative estimate of drug-likeness (QED) is 0.341. The van der Waals surface area contributed by atoms with Gasteiger partial charge in [0.05, 0.1) is 26.4 Å². The zero-order valence-corrected chi connectivity index (χ0v) is 23.4. The molecule has 1 saturated heterocycles. The van der Waals surface area contributed by atoms with Gasteiger partial charge in [-0.2, -0.15) is 0 Å². The number of esters is 1. The van der Waals surface area contributed by atoms with E-state index in [1.165, 1.54) is 32.8 Å². The van der Waals surface area contributed by atoms with E-state index in [0.717, 1.165) is 19.3 Å². The summed E-state index contributed by atoms with van der Waals surface area (Å²) in [6.45, 7) is 18.0. The Labute approximate surface area is 202 Å². The number of hydrogen-bond acceptors (Lipinski definition) is 5. The number of ether oxygens (including phenoxy) is 3. The Balaban J connectivity index is 1.59. The van der Waals surface area contributed by atoms with E-state index in [2.05, 4.69) is 47.7 Å². The lowest BCUT2D eigenvalue weighted by molar-refractivity contribution is -0.292. The summed E-state index contributed by atoms with van der Waals surface area (Å²) in [7, 11) is -0.326. The molecule has 0 bridgehead atoms. The van der Waals surface area contributed by atoms with Crippen molar-refractivity contribution in [3.63, 3.8) is 0 Å². The van der Waals surface area contributed by atoms with E-state index in [1.807, 2.05) is 0 Å². The van der Waals surface area contributed by atoms with Crippen LogP contribution >= 0.6 is 0 Å². The molecule has 6 heteroatoms. The van der Waals surface area contributed by atoms with E-state index < -0.39 is 14.1 Å². The average molecular weight is 481 g/mol. The molecule has 190 valence electrons. The minimum atomic E-state index is -1.81. The van der Waals surface area contributed by atoms with Gasteiger partial charge < -0.3 is 18.6 Å². The Kier molecular flexibility index (Phi) is 6.68. The molecule has 4 fully saturated rings. The SMILES string of the molecule is COC(=O)CC[C@]1(C)C2CC[C@@]3(C)C(CC[C@@H]3O[Si](C)(C)C(C)(C)C)C2CCC12OCCO2. The van der Waals surface area contributed by atoms with Gasteiger partial charge in [-0.3, -0.25) is 4.79 Å². The molecule has 3 unspecified atom stereocenters. The summed E-state index contributed by atoms with van der Waals surface area (Å²) in [4.78, 5) is 12.1. The van der Waals surface area contributed by atoms with Crippen LogP contribution in [0.1, 0.15) is 86.0 Å². The second-order valence-corrected chi connectivity index (χ2v) is 18.1. The third-order valence-corrected chi connectivity index (χ3v) is 15.4. The van der Waals surface area contributed by atoms with Crippen LogP contribution in [-0.4, -0.2) is 46.5 Å². The molecule has 0 aromatic heterocycles. The van der Waals surface area contributed by atoms with Crippen molar-refractivity contribution in [1.29, 1.82) is 0 Å². The van der Waals surface area contributed by atoms with Crippen LogP contribution in [0.3, 0.4) is 0 Å². The first-order valence-electron chi connectivity index (χ1n) is 13.3. The smallest absolute Gasteiger partial charge is 0.305 e. The first-order chi connectivity index (χ1) is 15.3. The van der Waals surface area contributed by atoms with Gasteiger partial charge in [0.15, 0.2) is 14.1 Å². The molecule has 0 aromatic carbocycles. The Hall–Kier alpha value is -0.433. The highest BCUT2D eigenvalue weighted by Crippen LogP contribution is 2.67. The van der Waals surface area contributed by atoms with Crippen LogP contribution in [0.25, 0.3) is 0 Å². The van der Waals surface area contributed by atoms with Crippen LogP contribution in [-0.2, 0) is 23.4 Å². The molecule has 6 atom stereocenters. The van der Waals surface area contributed by atoms with Crippen molar-refractivity contribution in [2.75, 3.05) is 20.3 Å². The zero-order valence-electron chi connectivity index (χ0n) is 22.4. The molecule has 4 aliphatic rings. The van der Waals surface area contributed by atoms with Crippen LogP contribution in [0.5, 0.6) is 0 Å². The molecule has 4 rings (SSSR count). The van der Waals surface area contributed by atoms with Gasteiger partial charge in [0, 0.05) is 18.3 Å². The first-order valence-corrected chi connectivity index (χ1v) is 16.2. The Morgan fingerprint density at radius 1 is 1.00 bits per heavy atom. The molecule has 0 aromatic rings. The van der Waals surface area contributed by atoms with E-state index in [1.54, 1.807) is 0 Å². The molecule has 0 radical (unpaired) electrons.